The van der Waals surface area contributed by atoms with Gasteiger partial charge >= 0.3 is 0 Å². The molecule has 1 N–H and O–H groups in total. The summed E-state index contributed by atoms with van der Waals surface area (Å²) in [4.78, 5) is 22.5. The molecule has 4 nitrogen and oxygen atoms in total. The number of carboxylic acid groups (broad SMARTS) is 1. The van der Waals surface area contributed by atoms with E-state index >= 15 is 0 Å². The van der Waals surface area contributed by atoms with Gasteiger partial charge in [-0.05, 0) is 24.3 Å². The van der Waals surface area contributed by atoms with E-state index in [0.29, 0.717) is 5.69 Å². The van der Waals surface area contributed by atoms with Crippen molar-refractivity contribution in [2.45, 2.75) is 18.7 Å². The van der Waals surface area contributed by atoms with E-state index in [1.165, 1.54) is 11.8 Å². The fourth-order valence-corrected chi connectivity index (χ4v) is 1.68. The smallest absolute Gasteiger partial charge is 0.226 e. The van der Waals surface area contributed by atoms with Crippen LogP contribution in [0, 0.1) is 5.92 Å². The highest BCUT2D eigenvalue weighted by Gasteiger charge is 2.06. The fourth-order valence-electron chi connectivity index (χ4n) is 1.06. The summed E-state index contributed by atoms with van der Waals surface area (Å²) in [6, 6.07) is 7.03. The molecule has 1 aromatic carbocycles. The number of aliphatic carboxylic acids is 1. The Morgan fingerprint density at radius 3 is 2.35 bits per heavy atom. The number of thioether (sulfide) groups is 1. The monoisotopic (exact) mass is 252 g/mol. The normalized spacial score (nSPS) is 10.3. The maximum atomic E-state index is 11.4. The minimum absolute atomic E-state index is 0.0415. The Morgan fingerprint density at radius 1 is 1.29 bits per heavy atom. The van der Waals surface area contributed by atoms with Crippen molar-refractivity contribution < 1.29 is 14.7 Å². The lowest BCUT2D eigenvalue weighted by Gasteiger charge is -2.08. The van der Waals surface area contributed by atoms with E-state index < -0.39 is 5.97 Å². The number of amides is 1. The Morgan fingerprint density at radius 2 is 1.88 bits per heavy atom. The first-order chi connectivity index (χ1) is 7.99. The molecule has 17 heavy (non-hydrogen) atoms. The summed E-state index contributed by atoms with van der Waals surface area (Å²) >= 11 is 1.19. The number of rotatable bonds is 5. The molecule has 1 aromatic rings. The van der Waals surface area contributed by atoms with Crippen LogP contribution >= 0.6 is 11.8 Å². The van der Waals surface area contributed by atoms with E-state index in [0.717, 1.165) is 4.90 Å². The minimum atomic E-state index is -1.09. The Labute approximate surface area is 104 Å². The van der Waals surface area contributed by atoms with Gasteiger partial charge in [0.15, 0.2) is 0 Å². The predicted molar refractivity (Wildman–Crippen MR) is 65.6 cm³/mol. The van der Waals surface area contributed by atoms with Gasteiger partial charge in [0.2, 0.25) is 5.91 Å². The maximum absolute atomic E-state index is 11.4. The van der Waals surface area contributed by atoms with Crippen LogP contribution in [-0.4, -0.2) is 17.6 Å². The summed E-state index contributed by atoms with van der Waals surface area (Å²) in [5.41, 5.74) is 0.710. The number of carbonyl (C=O) groups is 2. The van der Waals surface area contributed by atoms with Crippen molar-refractivity contribution in [2.75, 3.05) is 11.1 Å². The molecule has 0 fully saturated rings. The summed E-state index contributed by atoms with van der Waals surface area (Å²) in [6.45, 7) is 3.64. The number of carboxylic acids is 1. The van der Waals surface area contributed by atoms with Gasteiger partial charge in [0.05, 0.1) is 5.97 Å². The second-order valence-electron chi connectivity index (χ2n) is 3.83. The average molecular weight is 252 g/mol. The van der Waals surface area contributed by atoms with E-state index in [1.54, 1.807) is 24.3 Å². The van der Waals surface area contributed by atoms with Crippen molar-refractivity contribution >= 4 is 29.3 Å². The fraction of sp³-hybridized carbons (Fsp3) is 0.333. The van der Waals surface area contributed by atoms with E-state index in [9.17, 15) is 14.7 Å². The highest BCUT2D eigenvalue weighted by atomic mass is 32.2. The topological polar surface area (TPSA) is 69.2 Å². The number of nitrogens with one attached hydrogen (secondary N) is 1. The van der Waals surface area contributed by atoms with E-state index in [2.05, 4.69) is 5.32 Å². The standard InChI is InChI=1S/C12H15NO3S/c1-8(2)12(16)13-9-3-5-10(6-4-9)17-7-11(14)15/h3-6,8H,7H2,1-2H3,(H,13,16)(H,14,15)/p-1. The Bertz CT molecular complexity index is 401. The Kier molecular flexibility index (Phi) is 5.03. The zero-order chi connectivity index (χ0) is 12.8. The molecule has 0 aromatic heterocycles. The molecule has 92 valence electrons. The number of hydrogen-bond donors (Lipinski definition) is 1. The third-order valence-electron chi connectivity index (χ3n) is 2.00. The number of anilines is 1. The Balaban J connectivity index is 2.56. The molecule has 0 saturated carbocycles. The quantitative estimate of drug-likeness (QED) is 0.797. The third-order valence-corrected chi connectivity index (χ3v) is 2.99. The van der Waals surface area contributed by atoms with Crippen molar-refractivity contribution in [3.63, 3.8) is 0 Å². The molecule has 0 radical (unpaired) electrons. The summed E-state index contributed by atoms with van der Waals surface area (Å²) in [5.74, 6) is -1.27. The first-order valence-electron chi connectivity index (χ1n) is 5.22. The van der Waals surface area contributed by atoms with Crippen molar-refractivity contribution in [3.8, 4) is 0 Å². The lowest BCUT2D eigenvalue weighted by atomic mass is 10.2. The Hall–Kier alpha value is -1.49. The van der Waals surface area contributed by atoms with Crippen LogP contribution in [0.2, 0.25) is 0 Å². The van der Waals surface area contributed by atoms with Crippen LogP contribution in [0.1, 0.15) is 13.8 Å². The molecule has 0 spiro atoms. The van der Waals surface area contributed by atoms with Gasteiger partial charge in [-0.15, -0.1) is 11.8 Å². The van der Waals surface area contributed by atoms with Gasteiger partial charge in [-0.2, -0.15) is 0 Å². The molecule has 0 unspecified atom stereocenters. The molecular weight excluding hydrogens is 238 g/mol. The van der Waals surface area contributed by atoms with Gasteiger partial charge in [0.1, 0.15) is 0 Å². The van der Waals surface area contributed by atoms with E-state index in [-0.39, 0.29) is 17.6 Å². The van der Waals surface area contributed by atoms with Crippen molar-refractivity contribution in [3.05, 3.63) is 24.3 Å². The summed E-state index contributed by atoms with van der Waals surface area (Å²) < 4.78 is 0. The lowest BCUT2D eigenvalue weighted by Crippen LogP contribution is -2.24. The van der Waals surface area contributed by atoms with Crippen LogP contribution in [-0.2, 0) is 9.59 Å². The van der Waals surface area contributed by atoms with Gasteiger partial charge < -0.3 is 15.2 Å². The molecule has 1 amide bonds. The number of benzene rings is 1. The highest BCUT2D eigenvalue weighted by Crippen LogP contribution is 2.20. The maximum Gasteiger partial charge on any atom is 0.226 e. The molecule has 5 heteroatoms. The van der Waals surface area contributed by atoms with Gasteiger partial charge in [-0.25, -0.2) is 0 Å². The third kappa shape index (κ3) is 4.91. The van der Waals surface area contributed by atoms with Gasteiger partial charge in [0, 0.05) is 22.3 Å². The largest absolute Gasteiger partial charge is 0.549 e. The summed E-state index contributed by atoms with van der Waals surface area (Å²) in [5, 5.41) is 13.0. The molecule has 0 aliphatic rings. The van der Waals surface area contributed by atoms with Crippen molar-refractivity contribution in [1.29, 1.82) is 0 Å². The zero-order valence-corrected chi connectivity index (χ0v) is 10.5. The molecule has 1 rings (SSSR count). The summed E-state index contributed by atoms with van der Waals surface area (Å²) in [6.07, 6.45) is 0. The highest BCUT2D eigenvalue weighted by molar-refractivity contribution is 8.00. The lowest BCUT2D eigenvalue weighted by molar-refractivity contribution is -0.301. The van der Waals surface area contributed by atoms with Crippen LogP contribution in [0.5, 0.6) is 0 Å². The van der Waals surface area contributed by atoms with Crippen LogP contribution in [0.15, 0.2) is 29.2 Å². The molecule has 0 aliphatic carbocycles. The molecule has 0 saturated heterocycles. The van der Waals surface area contributed by atoms with Crippen LogP contribution in [0.25, 0.3) is 0 Å². The summed E-state index contributed by atoms with van der Waals surface area (Å²) in [7, 11) is 0. The zero-order valence-electron chi connectivity index (χ0n) is 9.73. The second kappa shape index (κ2) is 6.30. The van der Waals surface area contributed by atoms with E-state index in [1.807, 2.05) is 13.8 Å². The number of hydrogen-bond acceptors (Lipinski definition) is 4. The first-order valence-corrected chi connectivity index (χ1v) is 6.21. The molecule has 0 heterocycles. The van der Waals surface area contributed by atoms with Crippen LogP contribution in [0.4, 0.5) is 5.69 Å². The number of carbonyl (C=O) groups excluding carboxylic acids is 2. The SMILES string of the molecule is CC(C)C(=O)Nc1ccc(SCC(=O)[O-])cc1. The molecular formula is C12H14NO3S-. The van der Waals surface area contributed by atoms with Crippen LogP contribution < -0.4 is 10.4 Å². The van der Waals surface area contributed by atoms with Crippen molar-refractivity contribution in [1.82, 2.24) is 0 Å². The van der Waals surface area contributed by atoms with E-state index in [4.69, 9.17) is 0 Å². The predicted octanol–water partition coefficient (Wildman–Crippen LogP) is 1.12. The molecule has 0 aliphatic heterocycles. The molecule has 0 bridgehead atoms. The van der Waals surface area contributed by atoms with Gasteiger partial charge in [-0.3, -0.25) is 4.79 Å². The van der Waals surface area contributed by atoms with Gasteiger partial charge in [0.25, 0.3) is 0 Å². The average Bonchev–Trinajstić information content (AvgIpc) is 2.28. The molecule has 0 atom stereocenters. The van der Waals surface area contributed by atoms with Crippen LogP contribution in [0.3, 0.4) is 0 Å². The van der Waals surface area contributed by atoms with Crippen molar-refractivity contribution in [2.24, 2.45) is 5.92 Å². The second-order valence-corrected chi connectivity index (χ2v) is 4.88. The van der Waals surface area contributed by atoms with Gasteiger partial charge in [-0.1, -0.05) is 13.8 Å². The first kappa shape index (κ1) is 13.6. The minimum Gasteiger partial charge on any atom is -0.549 e.